The van der Waals surface area contributed by atoms with E-state index in [2.05, 4.69) is 48.3 Å². The van der Waals surface area contributed by atoms with Gasteiger partial charge in [-0.15, -0.1) is 11.2 Å². The van der Waals surface area contributed by atoms with E-state index in [-0.39, 0.29) is 18.9 Å². The quantitative estimate of drug-likeness (QED) is 0.512. The summed E-state index contributed by atoms with van der Waals surface area (Å²) in [4.78, 5) is 0. The van der Waals surface area contributed by atoms with Crippen LogP contribution in [0.25, 0.3) is 11.0 Å². The number of benzene rings is 1. The van der Waals surface area contributed by atoms with Crippen molar-refractivity contribution >= 4 is 11.0 Å². The predicted octanol–water partition coefficient (Wildman–Crippen LogP) is 0.712. The van der Waals surface area contributed by atoms with E-state index in [9.17, 15) is 0 Å². The van der Waals surface area contributed by atoms with E-state index in [0.717, 1.165) is 17.6 Å². The molecule has 0 aliphatic rings. The number of aromatic nitrogens is 4. The first-order valence-electron chi connectivity index (χ1n) is 7.52. The van der Waals surface area contributed by atoms with Gasteiger partial charge in [-0.25, -0.2) is 0 Å². The molecule has 2 heterocycles. The molecule has 4 nitrogen and oxygen atoms in total. The number of unbranched alkanes of at least 4 members (excludes halogenated alkanes) is 1. The molecule has 3 aromatic rings. The van der Waals surface area contributed by atoms with Crippen LogP contribution >= 0.6 is 0 Å². The molecule has 3 rings (SSSR count). The summed E-state index contributed by atoms with van der Waals surface area (Å²) in [5.74, 6) is 0. The molecule has 5 heteroatoms. The molecule has 22 heavy (non-hydrogen) atoms. The zero-order valence-electron chi connectivity index (χ0n) is 13.9. The topological polar surface area (TPSA) is 35.6 Å². The summed E-state index contributed by atoms with van der Waals surface area (Å²) in [5, 5.41) is 8.46. The van der Waals surface area contributed by atoms with Crippen molar-refractivity contribution in [3.8, 4) is 0 Å². The van der Waals surface area contributed by atoms with Gasteiger partial charge in [0, 0.05) is 12.2 Å². The molecule has 0 amide bonds. The molecule has 0 unspecified atom stereocenters. The van der Waals surface area contributed by atoms with E-state index in [1.807, 2.05) is 28.9 Å². The molecular weight excluding hydrogens is 267 g/mol. The largest absolute Gasteiger partial charge is 1.00 e. The van der Waals surface area contributed by atoms with Crippen LogP contribution in [0.1, 0.15) is 36.7 Å². The molecule has 2 aromatic heterocycles. The maximum absolute atomic E-state index is 4.25. The van der Waals surface area contributed by atoms with Crippen molar-refractivity contribution in [3.63, 3.8) is 0 Å². The molecule has 0 atom stereocenters. The Morgan fingerprint density at radius 2 is 1.95 bits per heavy atom. The minimum atomic E-state index is 0. The second kappa shape index (κ2) is 7.09. The Bertz CT molecular complexity index is 757. The van der Waals surface area contributed by atoms with Gasteiger partial charge < -0.3 is 9.25 Å². The van der Waals surface area contributed by atoms with Gasteiger partial charge in [0.05, 0.1) is 5.52 Å². The summed E-state index contributed by atoms with van der Waals surface area (Å²) in [6.45, 7) is 9.69. The van der Waals surface area contributed by atoms with Gasteiger partial charge in [-0.05, 0) is 37.5 Å². The van der Waals surface area contributed by atoms with Gasteiger partial charge >= 0.3 is 18.9 Å². The SMILES string of the molecule is CCCCn1c([CH-]n2nnc3ccccc32)cc(C)c1C.[Li+]. The van der Waals surface area contributed by atoms with E-state index in [1.165, 1.54) is 29.8 Å². The van der Waals surface area contributed by atoms with Crippen LogP contribution in [0, 0.1) is 20.4 Å². The van der Waals surface area contributed by atoms with Gasteiger partial charge in [0.2, 0.25) is 0 Å². The average molecular weight is 288 g/mol. The summed E-state index contributed by atoms with van der Waals surface area (Å²) in [6.07, 6.45) is 2.39. The van der Waals surface area contributed by atoms with Gasteiger partial charge in [-0.1, -0.05) is 48.9 Å². The van der Waals surface area contributed by atoms with E-state index < -0.39 is 0 Å². The Morgan fingerprint density at radius 1 is 1.18 bits per heavy atom. The molecule has 0 saturated heterocycles. The van der Waals surface area contributed by atoms with Gasteiger partial charge in [-0.3, -0.25) is 0 Å². The first-order chi connectivity index (χ1) is 10.2. The fourth-order valence-electron chi connectivity index (χ4n) is 2.64. The van der Waals surface area contributed by atoms with E-state index in [4.69, 9.17) is 0 Å². The molecule has 0 radical (unpaired) electrons. The number of rotatable bonds is 5. The zero-order valence-corrected chi connectivity index (χ0v) is 13.9. The number of fused-ring (bicyclic) bond motifs is 1. The summed E-state index contributed by atoms with van der Waals surface area (Å²) in [5.41, 5.74) is 5.81. The number of hydrogen-bond donors (Lipinski definition) is 0. The van der Waals surface area contributed by atoms with Crippen LogP contribution in [-0.2, 0) is 6.54 Å². The monoisotopic (exact) mass is 288 g/mol. The van der Waals surface area contributed by atoms with Gasteiger partial charge in [0.15, 0.2) is 0 Å². The summed E-state index contributed by atoms with van der Waals surface area (Å²) >= 11 is 0. The smallest absolute Gasteiger partial charge is 0.367 e. The third kappa shape index (κ3) is 3.09. The number of hydrogen-bond acceptors (Lipinski definition) is 2. The minimum Gasteiger partial charge on any atom is -0.367 e. The van der Waals surface area contributed by atoms with Crippen molar-refractivity contribution in [2.24, 2.45) is 0 Å². The molecular formula is C17H21LiN4. The first-order valence-corrected chi connectivity index (χ1v) is 7.52. The van der Waals surface area contributed by atoms with Crippen molar-refractivity contribution in [2.45, 2.75) is 40.2 Å². The van der Waals surface area contributed by atoms with Crippen LogP contribution in [0.2, 0.25) is 0 Å². The summed E-state index contributed by atoms with van der Waals surface area (Å²) < 4.78 is 4.24. The van der Waals surface area contributed by atoms with Gasteiger partial charge in [0.1, 0.15) is 0 Å². The van der Waals surface area contributed by atoms with Crippen LogP contribution < -0.4 is 18.9 Å². The molecule has 110 valence electrons. The Hall–Kier alpha value is -1.63. The second-order valence-corrected chi connectivity index (χ2v) is 5.49. The standard InChI is InChI=1S/C17H21N4.Li/c1-4-5-10-20-14(3)13(2)11-15(20)12-21-17-9-7-6-8-16(17)18-19-21;/h6-9,11-12H,4-5,10H2,1-3H3;/q-1;+1. The van der Waals surface area contributed by atoms with Crippen molar-refractivity contribution in [3.05, 3.63) is 53.8 Å². The fraction of sp³-hybridized carbons (Fsp3) is 0.353. The third-order valence-corrected chi connectivity index (χ3v) is 4.02. The van der Waals surface area contributed by atoms with E-state index >= 15 is 0 Å². The Labute approximate surface area is 143 Å². The Balaban J connectivity index is 0.00000176. The van der Waals surface area contributed by atoms with Crippen LogP contribution in [0.4, 0.5) is 0 Å². The Kier molecular flexibility index (Phi) is 5.39. The number of para-hydroxylation sites is 1. The van der Waals surface area contributed by atoms with Crippen molar-refractivity contribution in [1.82, 2.24) is 19.6 Å². The van der Waals surface area contributed by atoms with Crippen LogP contribution in [0.3, 0.4) is 0 Å². The molecule has 0 spiro atoms. The molecule has 0 aliphatic heterocycles. The number of nitrogens with zero attached hydrogens (tertiary/aromatic N) is 4. The zero-order chi connectivity index (χ0) is 14.8. The first kappa shape index (κ1) is 16.7. The van der Waals surface area contributed by atoms with Crippen LogP contribution in [0.15, 0.2) is 30.3 Å². The van der Waals surface area contributed by atoms with Crippen molar-refractivity contribution < 1.29 is 18.9 Å². The molecule has 0 fully saturated rings. The second-order valence-electron chi connectivity index (χ2n) is 5.49. The predicted molar refractivity (Wildman–Crippen MR) is 85.1 cm³/mol. The normalized spacial score (nSPS) is 10.7. The number of aryl methyl sites for hydroxylation is 1. The molecule has 1 aromatic carbocycles. The van der Waals surface area contributed by atoms with E-state index in [1.54, 1.807) is 0 Å². The van der Waals surface area contributed by atoms with Crippen molar-refractivity contribution in [2.75, 3.05) is 0 Å². The fourth-order valence-corrected chi connectivity index (χ4v) is 2.64. The summed E-state index contributed by atoms with van der Waals surface area (Å²) in [6, 6.07) is 10.3. The van der Waals surface area contributed by atoms with Crippen LogP contribution in [-0.4, -0.2) is 19.6 Å². The third-order valence-electron chi connectivity index (χ3n) is 4.02. The Morgan fingerprint density at radius 3 is 2.73 bits per heavy atom. The van der Waals surface area contributed by atoms with Crippen LogP contribution in [0.5, 0.6) is 0 Å². The van der Waals surface area contributed by atoms with Gasteiger partial charge in [0.25, 0.3) is 0 Å². The average Bonchev–Trinajstić information content (AvgIpc) is 3.01. The maximum atomic E-state index is 4.25. The molecule has 0 N–H and O–H groups in total. The minimum absolute atomic E-state index is 0. The van der Waals surface area contributed by atoms with Crippen molar-refractivity contribution in [1.29, 1.82) is 0 Å². The molecule has 0 bridgehead atoms. The van der Waals surface area contributed by atoms with E-state index in [0.29, 0.717) is 0 Å². The van der Waals surface area contributed by atoms with Gasteiger partial charge in [-0.2, -0.15) is 0 Å². The molecule has 0 saturated carbocycles. The molecule has 0 aliphatic carbocycles. The summed E-state index contributed by atoms with van der Waals surface area (Å²) in [7, 11) is 0. The maximum Gasteiger partial charge on any atom is 1.00 e.